The number of unbranched alkanes of at least 4 members (excludes halogenated alkanes) is 2. The van der Waals surface area contributed by atoms with Gasteiger partial charge in [-0.3, -0.25) is 4.98 Å². The molecule has 0 saturated heterocycles. The summed E-state index contributed by atoms with van der Waals surface area (Å²) in [5, 5.41) is 4.57. The highest BCUT2D eigenvalue weighted by Gasteiger charge is 2.05. The summed E-state index contributed by atoms with van der Waals surface area (Å²) >= 11 is 0. The summed E-state index contributed by atoms with van der Waals surface area (Å²) in [6, 6.07) is 10.5. The number of nitrogen functional groups attached to an aromatic ring is 1. The molecule has 1 atom stereocenters. The quantitative estimate of drug-likeness (QED) is 0.751. The van der Waals surface area contributed by atoms with Gasteiger partial charge in [0.1, 0.15) is 0 Å². The number of nitrogens with two attached hydrogens (primary N) is 1. The molecule has 2 rings (SSSR count). The molecule has 20 heavy (non-hydrogen) atoms. The van der Waals surface area contributed by atoms with E-state index in [9.17, 15) is 0 Å². The molecule has 0 aliphatic heterocycles. The van der Waals surface area contributed by atoms with Crippen LogP contribution in [-0.2, 0) is 6.54 Å². The van der Waals surface area contributed by atoms with Crippen LogP contribution in [0.25, 0.3) is 10.9 Å². The first kappa shape index (κ1) is 14.8. The molecule has 3 nitrogen and oxygen atoms in total. The number of hydrogen-bond acceptors (Lipinski definition) is 3. The zero-order valence-electron chi connectivity index (χ0n) is 12.5. The molecule has 0 radical (unpaired) electrons. The van der Waals surface area contributed by atoms with Crippen molar-refractivity contribution in [2.24, 2.45) is 0 Å². The molecule has 0 fully saturated rings. The fourth-order valence-corrected chi connectivity index (χ4v) is 2.43. The maximum absolute atomic E-state index is 6.09. The summed E-state index contributed by atoms with van der Waals surface area (Å²) in [6.45, 7) is 5.25. The Labute approximate surface area is 121 Å². The van der Waals surface area contributed by atoms with E-state index in [2.05, 4.69) is 24.1 Å². The van der Waals surface area contributed by atoms with Crippen LogP contribution in [0.1, 0.15) is 45.2 Å². The second-order valence-corrected chi connectivity index (χ2v) is 5.50. The Bertz CT molecular complexity index is 551. The van der Waals surface area contributed by atoms with Crippen molar-refractivity contribution >= 4 is 16.6 Å². The van der Waals surface area contributed by atoms with E-state index in [4.69, 9.17) is 5.73 Å². The van der Waals surface area contributed by atoms with E-state index >= 15 is 0 Å². The van der Waals surface area contributed by atoms with Crippen molar-refractivity contribution in [1.29, 1.82) is 0 Å². The zero-order valence-corrected chi connectivity index (χ0v) is 12.5. The van der Waals surface area contributed by atoms with Gasteiger partial charge in [0.25, 0.3) is 0 Å². The molecular weight excluding hydrogens is 246 g/mol. The Hall–Kier alpha value is -1.61. The van der Waals surface area contributed by atoms with E-state index in [1.54, 1.807) is 0 Å². The van der Waals surface area contributed by atoms with Crippen molar-refractivity contribution in [2.45, 2.75) is 52.1 Å². The Balaban J connectivity index is 1.96. The van der Waals surface area contributed by atoms with Gasteiger partial charge in [-0.2, -0.15) is 0 Å². The number of hydrogen-bond donors (Lipinski definition) is 2. The largest absolute Gasteiger partial charge is 0.398 e. The number of aromatic nitrogens is 1. The van der Waals surface area contributed by atoms with Gasteiger partial charge in [-0.15, -0.1) is 0 Å². The molecule has 1 unspecified atom stereocenters. The average Bonchev–Trinajstić information content (AvgIpc) is 2.45. The summed E-state index contributed by atoms with van der Waals surface area (Å²) in [5.74, 6) is 0. The maximum Gasteiger partial charge on any atom is 0.0726 e. The first-order valence-electron chi connectivity index (χ1n) is 7.58. The van der Waals surface area contributed by atoms with Crippen LogP contribution in [0.3, 0.4) is 0 Å². The molecule has 3 heteroatoms. The van der Waals surface area contributed by atoms with Crippen molar-refractivity contribution < 1.29 is 0 Å². The molecule has 2 aromatic rings. The maximum atomic E-state index is 6.09. The van der Waals surface area contributed by atoms with Crippen molar-refractivity contribution in [2.75, 3.05) is 5.73 Å². The van der Waals surface area contributed by atoms with Gasteiger partial charge in [0.2, 0.25) is 0 Å². The average molecular weight is 271 g/mol. The molecule has 1 aromatic heterocycles. The minimum atomic E-state index is 0.524. The molecule has 1 heterocycles. The van der Waals surface area contributed by atoms with Crippen molar-refractivity contribution in [3.05, 3.63) is 36.0 Å². The van der Waals surface area contributed by atoms with Crippen LogP contribution in [0.2, 0.25) is 0 Å². The zero-order chi connectivity index (χ0) is 14.4. The van der Waals surface area contributed by atoms with Gasteiger partial charge < -0.3 is 11.1 Å². The minimum absolute atomic E-state index is 0.524. The van der Waals surface area contributed by atoms with Crippen molar-refractivity contribution in [3.8, 4) is 0 Å². The van der Waals surface area contributed by atoms with E-state index in [-0.39, 0.29) is 0 Å². The standard InChI is InChI=1S/C17H25N3/c1-3-4-5-8-13(2)19-12-14-11-16(18)15-9-6-7-10-17(15)20-14/h6-7,9-11,13,19H,3-5,8,12H2,1-2H3,(H2,18,20). The summed E-state index contributed by atoms with van der Waals surface area (Å²) < 4.78 is 0. The predicted octanol–water partition coefficient (Wildman–Crippen LogP) is 3.88. The number of anilines is 1. The third kappa shape index (κ3) is 3.94. The third-order valence-corrected chi connectivity index (χ3v) is 3.67. The topological polar surface area (TPSA) is 50.9 Å². The Kier molecular flexibility index (Phi) is 5.36. The summed E-state index contributed by atoms with van der Waals surface area (Å²) in [4.78, 5) is 4.66. The number of benzene rings is 1. The van der Waals surface area contributed by atoms with E-state index in [1.807, 2.05) is 30.3 Å². The van der Waals surface area contributed by atoms with Gasteiger partial charge >= 0.3 is 0 Å². The van der Waals surface area contributed by atoms with Crippen molar-refractivity contribution in [3.63, 3.8) is 0 Å². The van der Waals surface area contributed by atoms with Crippen LogP contribution in [0, 0.1) is 0 Å². The van der Waals surface area contributed by atoms with Crippen LogP contribution in [0.4, 0.5) is 5.69 Å². The number of para-hydroxylation sites is 1. The summed E-state index contributed by atoms with van der Waals surface area (Å²) in [6.07, 6.45) is 5.09. The predicted molar refractivity (Wildman–Crippen MR) is 86.6 cm³/mol. The third-order valence-electron chi connectivity index (χ3n) is 3.67. The van der Waals surface area contributed by atoms with Gasteiger partial charge in [0.05, 0.1) is 11.2 Å². The van der Waals surface area contributed by atoms with Crippen molar-refractivity contribution in [1.82, 2.24) is 10.3 Å². The van der Waals surface area contributed by atoms with Crippen LogP contribution in [0.15, 0.2) is 30.3 Å². The lowest BCUT2D eigenvalue weighted by Crippen LogP contribution is -2.25. The highest BCUT2D eigenvalue weighted by atomic mass is 14.9. The molecular formula is C17H25N3. The summed E-state index contributed by atoms with van der Waals surface area (Å²) in [5.41, 5.74) is 8.90. The highest BCUT2D eigenvalue weighted by molar-refractivity contribution is 5.90. The second kappa shape index (κ2) is 7.25. The highest BCUT2D eigenvalue weighted by Crippen LogP contribution is 2.20. The van der Waals surface area contributed by atoms with E-state index in [0.29, 0.717) is 6.04 Å². The molecule has 0 aliphatic rings. The molecule has 0 spiro atoms. The number of nitrogens with one attached hydrogen (secondary N) is 1. The van der Waals surface area contributed by atoms with Crippen LogP contribution in [0.5, 0.6) is 0 Å². The molecule has 1 aromatic carbocycles. The second-order valence-electron chi connectivity index (χ2n) is 5.50. The lowest BCUT2D eigenvalue weighted by atomic mass is 10.1. The van der Waals surface area contributed by atoms with Gasteiger partial charge in [-0.1, -0.05) is 44.4 Å². The van der Waals surface area contributed by atoms with E-state index in [0.717, 1.165) is 28.8 Å². The van der Waals surface area contributed by atoms with Crippen LogP contribution < -0.4 is 11.1 Å². The molecule has 0 saturated carbocycles. The molecule has 0 amide bonds. The lowest BCUT2D eigenvalue weighted by Gasteiger charge is -2.14. The molecule has 0 aliphatic carbocycles. The SMILES string of the molecule is CCCCCC(C)NCc1cc(N)c2ccccc2n1. The Morgan fingerprint density at radius 3 is 2.85 bits per heavy atom. The minimum Gasteiger partial charge on any atom is -0.398 e. The molecule has 3 N–H and O–H groups in total. The fourth-order valence-electron chi connectivity index (χ4n) is 2.43. The van der Waals surface area contributed by atoms with E-state index in [1.165, 1.54) is 25.7 Å². The van der Waals surface area contributed by atoms with Crippen LogP contribution >= 0.6 is 0 Å². The Morgan fingerprint density at radius 1 is 1.25 bits per heavy atom. The first-order chi connectivity index (χ1) is 9.70. The molecule has 0 bridgehead atoms. The number of rotatable bonds is 7. The number of nitrogens with zero attached hydrogens (tertiary/aromatic N) is 1. The van der Waals surface area contributed by atoms with Gasteiger partial charge in [0, 0.05) is 23.7 Å². The normalized spacial score (nSPS) is 12.7. The number of fused-ring (bicyclic) bond motifs is 1. The van der Waals surface area contributed by atoms with Gasteiger partial charge in [0.15, 0.2) is 0 Å². The summed E-state index contributed by atoms with van der Waals surface area (Å²) in [7, 11) is 0. The van der Waals surface area contributed by atoms with Gasteiger partial charge in [-0.05, 0) is 25.5 Å². The monoisotopic (exact) mass is 271 g/mol. The molecule has 108 valence electrons. The Morgan fingerprint density at radius 2 is 2.05 bits per heavy atom. The lowest BCUT2D eigenvalue weighted by molar-refractivity contribution is 0.484. The number of pyridine rings is 1. The van der Waals surface area contributed by atoms with E-state index < -0.39 is 0 Å². The van der Waals surface area contributed by atoms with Crippen LogP contribution in [-0.4, -0.2) is 11.0 Å². The smallest absolute Gasteiger partial charge is 0.0726 e. The fraction of sp³-hybridized carbons (Fsp3) is 0.471. The first-order valence-corrected chi connectivity index (χ1v) is 7.58. The van der Waals surface area contributed by atoms with Gasteiger partial charge in [-0.25, -0.2) is 0 Å².